The van der Waals surface area contributed by atoms with Crippen LogP contribution in [0.2, 0.25) is 0 Å². The van der Waals surface area contributed by atoms with Crippen molar-refractivity contribution in [3.8, 4) is 0 Å². The number of hydrogen-bond donors (Lipinski definition) is 1. The molecule has 106 valence electrons. The SMILES string of the molecule is CC1CCC(C)N(C(CN)c2cc(Br)ccc2F)C1. The van der Waals surface area contributed by atoms with Crippen LogP contribution < -0.4 is 5.73 Å². The first kappa shape index (κ1) is 14.9. The van der Waals surface area contributed by atoms with Crippen LogP contribution in [-0.4, -0.2) is 24.0 Å². The minimum atomic E-state index is -0.163. The second-order valence-corrected chi connectivity index (χ2v) is 6.56. The Hall–Kier alpha value is -0.450. The predicted molar refractivity (Wildman–Crippen MR) is 80.5 cm³/mol. The second kappa shape index (κ2) is 6.33. The summed E-state index contributed by atoms with van der Waals surface area (Å²) in [5, 5.41) is 0. The van der Waals surface area contributed by atoms with E-state index in [-0.39, 0.29) is 11.9 Å². The molecule has 0 radical (unpaired) electrons. The number of likely N-dealkylation sites (tertiary alicyclic amines) is 1. The summed E-state index contributed by atoms with van der Waals surface area (Å²) >= 11 is 3.42. The van der Waals surface area contributed by atoms with Crippen molar-refractivity contribution in [3.05, 3.63) is 34.1 Å². The highest BCUT2D eigenvalue weighted by Crippen LogP contribution is 2.32. The average molecular weight is 329 g/mol. The number of hydrogen-bond acceptors (Lipinski definition) is 2. The van der Waals surface area contributed by atoms with Gasteiger partial charge in [-0.15, -0.1) is 0 Å². The summed E-state index contributed by atoms with van der Waals surface area (Å²) in [5.41, 5.74) is 6.64. The number of halogens is 2. The monoisotopic (exact) mass is 328 g/mol. The summed E-state index contributed by atoms with van der Waals surface area (Å²) in [4.78, 5) is 2.36. The zero-order valence-electron chi connectivity index (χ0n) is 11.6. The molecule has 1 aliphatic heterocycles. The number of rotatable bonds is 3. The quantitative estimate of drug-likeness (QED) is 0.916. The highest BCUT2D eigenvalue weighted by Gasteiger charge is 2.30. The Balaban J connectivity index is 2.30. The van der Waals surface area contributed by atoms with E-state index in [1.165, 1.54) is 12.5 Å². The molecule has 1 saturated heterocycles. The van der Waals surface area contributed by atoms with E-state index in [1.54, 1.807) is 6.07 Å². The second-order valence-electron chi connectivity index (χ2n) is 5.65. The molecule has 1 aromatic carbocycles. The topological polar surface area (TPSA) is 29.3 Å². The molecule has 2 N–H and O–H groups in total. The van der Waals surface area contributed by atoms with Gasteiger partial charge in [-0.25, -0.2) is 4.39 Å². The van der Waals surface area contributed by atoms with E-state index in [2.05, 4.69) is 34.7 Å². The van der Waals surface area contributed by atoms with Gasteiger partial charge in [0.25, 0.3) is 0 Å². The van der Waals surface area contributed by atoms with Crippen molar-refractivity contribution >= 4 is 15.9 Å². The molecule has 4 heteroatoms. The van der Waals surface area contributed by atoms with Crippen LogP contribution in [0.3, 0.4) is 0 Å². The molecule has 0 aromatic heterocycles. The zero-order chi connectivity index (χ0) is 14.0. The van der Waals surface area contributed by atoms with Crippen molar-refractivity contribution in [3.63, 3.8) is 0 Å². The van der Waals surface area contributed by atoms with Gasteiger partial charge in [-0.3, -0.25) is 4.90 Å². The van der Waals surface area contributed by atoms with Gasteiger partial charge in [0.15, 0.2) is 0 Å². The van der Waals surface area contributed by atoms with Gasteiger partial charge in [-0.05, 0) is 43.9 Å². The maximum Gasteiger partial charge on any atom is 0.128 e. The van der Waals surface area contributed by atoms with Crippen LogP contribution in [0, 0.1) is 11.7 Å². The van der Waals surface area contributed by atoms with Gasteiger partial charge < -0.3 is 5.73 Å². The first-order chi connectivity index (χ1) is 9.02. The molecule has 0 bridgehead atoms. The van der Waals surface area contributed by atoms with Crippen molar-refractivity contribution in [2.75, 3.05) is 13.1 Å². The van der Waals surface area contributed by atoms with Gasteiger partial charge in [0.05, 0.1) is 6.04 Å². The van der Waals surface area contributed by atoms with Crippen LogP contribution in [0.5, 0.6) is 0 Å². The fourth-order valence-corrected chi connectivity index (χ4v) is 3.35. The third-order valence-corrected chi connectivity index (χ3v) is 4.60. The molecule has 1 aliphatic rings. The molecule has 1 fully saturated rings. The molecule has 1 aromatic rings. The third-order valence-electron chi connectivity index (χ3n) is 4.11. The minimum Gasteiger partial charge on any atom is -0.329 e. The molecule has 0 aliphatic carbocycles. The molecule has 2 rings (SSSR count). The van der Waals surface area contributed by atoms with E-state index >= 15 is 0 Å². The van der Waals surface area contributed by atoms with Gasteiger partial charge in [0.1, 0.15) is 5.82 Å². The molecule has 0 saturated carbocycles. The fourth-order valence-electron chi connectivity index (χ4n) is 2.97. The van der Waals surface area contributed by atoms with E-state index in [0.717, 1.165) is 17.4 Å². The fraction of sp³-hybridized carbons (Fsp3) is 0.600. The van der Waals surface area contributed by atoms with E-state index in [1.807, 2.05) is 6.07 Å². The lowest BCUT2D eigenvalue weighted by Crippen LogP contribution is -2.45. The Morgan fingerprint density at radius 2 is 2.16 bits per heavy atom. The molecule has 0 spiro atoms. The lowest BCUT2D eigenvalue weighted by molar-refractivity contribution is 0.0781. The van der Waals surface area contributed by atoms with Crippen molar-refractivity contribution in [2.45, 2.75) is 38.8 Å². The lowest BCUT2D eigenvalue weighted by atomic mass is 9.91. The summed E-state index contributed by atoms with van der Waals surface area (Å²) in [6.45, 7) is 5.91. The average Bonchev–Trinajstić information content (AvgIpc) is 2.38. The van der Waals surface area contributed by atoms with E-state index in [0.29, 0.717) is 24.1 Å². The molecule has 19 heavy (non-hydrogen) atoms. The molecular weight excluding hydrogens is 307 g/mol. The highest BCUT2D eigenvalue weighted by atomic mass is 79.9. The van der Waals surface area contributed by atoms with Crippen LogP contribution in [-0.2, 0) is 0 Å². The Morgan fingerprint density at radius 1 is 1.42 bits per heavy atom. The maximum absolute atomic E-state index is 14.1. The molecule has 1 heterocycles. The smallest absolute Gasteiger partial charge is 0.128 e. The molecule has 2 nitrogen and oxygen atoms in total. The predicted octanol–water partition coefficient (Wildman–Crippen LogP) is 3.71. The summed E-state index contributed by atoms with van der Waals surface area (Å²) in [6, 6.07) is 5.53. The van der Waals surface area contributed by atoms with E-state index < -0.39 is 0 Å². The van der Waals surface area contributed by atoms with Gasteiger partial charge in [-0.2, -0.15) is 0 Å². The summed E-state index contributed by atoms with van der Waals surface area (Å²) in [7, 11) is 0. The van der Waals surface area contributed by atoms with Crippen LogP contribution in [0.4, 0.5) is 4.39 Å². The number of piperidine rings is 1. The van der Waals surface area contributed by atoms with Gasteiger partial charge >= 0.3 is 0 Å². The van der Waals surface area contributed by atoms with Crippen LogP contribution in [0.1, 0.15) is 38.3 Å². The standard InChI is InChI=1S/C15H22BrFN2/c1-10-3-4-11(2)19(9-10)15(8-18)13-7-12(16)5-6-14(13)17/h5-7,10-11,15H,3-4,8-9,18H2,1-2H3. The summed E-state index contributed by atoms with van der Waals surface area (Å²) in [6.07, 6.45) is 2.41. The van der Waals surface area contributed by atoms with Crippen LogP contribution in [0.15, 0.2) is 22.7 Å². The first-order valence-corrected chi connectivity index (χ1v) is 7.73. The number of nitrogens with zero attached hydrogens (tertiary/aromatic N) is 1. The Morgan fingerprint density at radius 3 is 2.84 bits per heavy atom. The van der Waals surface area contributed by atoms with E-state index in [9.17, 15) is 4.39 Å². The van der Waals surface area contributed by atoms with Crippen molar-refractivity contribution in [1.29, 1.82) is 0 Å². The van der Waals surface area contributed by atoms with Crippen molar-refractivity contribution in [2.24, 2.45) is 11.7 Å². The minimum absolute atomic E-state index is 0.0322. The Kier molecular flexibility index (Phi) is 4.98. The Labute approximate surface area is 123 Å². The lowest BCUT2D eigenvalue weighted by Gasteiger charge is -2.42. The first-order valence-electron chi connectivity index (χ1n) is 6.93. The van der Waals surface area contributed by atoms with Gasteiger partial charge in [-0.1, -0.05) is 22.9 Å². The highest BCUT2D eigenvalue weighted by molar-refractivity contribution is 9.10. The van der Waals surface area contributed by atoms with Gasteiger partial charge in [0.2, 0.25) is 0 Å². The van der Waals surface area contributed by atoms with Crippen molar-refractivity contribution < 1.29 is 4.39 Å². The van der Waals surface area contributed by atoms with E-state index in [4.69, 9.17) is 5.73 Å². The largest absolute Gasteiger partial charge is 0.329 e. The van der Waals surface area contributed by atoms with Crippen LogP contribution >= 0.6 is 15.9 Å². The van der Waals surface area contributed by atoms with Crippen LogP contribution in [0.25, 0.3) is 0 Å². The number of nitrogens with two attached hydrogens (primary N) is 1. The Bertz CT molecular complexity index is 438. The number of benzene rings is 1. The zero-order valence-corrected chi connectivity index (χ0v) is 13.2. The molecule has 3 atom stereocenters. The third kappa shape index (κ3) is 3.36. The molecule has 3 unspecified atom stereocenters. The molecular formula is C15H22BrFN2. The maximum atomic E-state index is 14.1. The molecule has 0 amide bonds. The summed E-state index contributed by atoms with van der Waals surface area (Å²) in [5.74, 6) is 0.490. The van der Waals surface area contributed by atoms with Gasteiger partial charge in [0, 0.05) is 29.2 Å². The normalized spacial score (nSPS) is 26.4. The summed E-state index contributed by atoms with van der Waals surface area (Å²) < 4.78 is 15.0. The van der Waals surface area contributed by atoms with Crippen molar-refractivity contribution in [1.82, 2.24) is 4.90 Å².